The van der Waals surface area contributed by atoms with Crippen molar-refractivity contribution < 1.29 is 14.6 Å². The standard InChI is InChI=1S/C27H29N3O3/c31-19-33-26(16-20(18-30-13-5-6-14-30)15-21-17-28-11-12-29-21)27(32)24-9-3-1-7-22(24)23-8-2-4-10-25(23)27/h1-4,7-12,17,19-20,26,32H,5-6,13-16,18H2/t20-,26?/m1/s1. The smallest absolute Gasteiger partial charge is 0.293 e. The predicted octanol–water partition coefficient (Wildman–Crippen LogP) is 3.58. The van der Waals surface area contributed by atoms with Gasteiger partial charge in [0, 0.05) is 25.1 Å². The van der Waals surface area contributed by atoms with Crippen LogP contribution in [-0.2, 0) is 21.6 Å². The quantitative estimate of drug-likeness (QED) is 0.510. The minimum Gasteiger partial charge on any atom is -0.461 e. The van der Waals surface area contributed by atoms with Gasteiger partial charge in [0.15, 0.2) is 5.60 Å². The maximum absolute atomic E-state index is 12.2. The van der Waals surface area contributed by atoms with Gasteiger partial charge in [-0.15, -0.1) is 0 Å². The summed E-state index contributed by atoms with van der Waals surface area (Å²) in [7, 11) is 0. The van der Waals surface area contributed by atoms with E-state index in [1.54, 1.807) is 18.6 Å². The molecule has 1 saturated heterocycles. The second-order valence-corrected chi connectivity index (χ2v) is 9.09. The molecule has 170 valence electrons. The van der Waals surface area contributed by atoms with Crippen molar-refractivity contribution in [1.82, 2.24) is 14.9 Å². The zero-order valence-electron chi connectivity index (χ0n) is 18.6. The number of carbonyl (C=O) groups excluding carboxylic acids is 1. The van der Waals surface area contributed by atoms with Crippen LogP contribution in [0.15, 0.2) is 67.1 Å². The molecule has 3 aromatic rings. The maximum Gasteiger partial charge on any atom is 0.293 e. The highest BCUT2D eigenvalue weighted by Crippen LogP contribution is 2.50. The third kappa shape index (κ3) is 4.16. The SMILES string of the molecule is O=COC(C[C@@H](Cc1cnccn1)CN1CCCC1)C1(O)c2ccccc2-c2ccccc21. The fraction of sp³-hybridized carbons (Fsp3) is 0.370. The van der Waals surface area contributed by atoms with E-state index in [0.717, 1.165) is 47.6 Å². The topological polar surface area (TPSA) is 75.5 Å². The molecule has 0 spiro atoms. The number of aromatic nitrogens is 2. The summed E-state index contributed by atoms with van der Waals surface area (Å²) in [4.78, 5) is 22.8. The second kappa shape index (κ2) is 9.41. The Morgan fingerprint density at radius 1 is 1.03 bits per heavy atom. The fourth-order valence-corrected chi connectivity index (χ4v) is 5.57. The van der Waals surface area contributed by atoms with Gasteiger partial charge in [0.25, 0.3) is 6.47 Å². The number of rotatable bonds is 9. The lowest BCUT2D eigenvalue weighted by Gasteiger charge is -2.36. The first kappa shape index (κ1) is 21.7. The predicted molar refractivity (Wildman–Crippen MR) is 125 cm³/mol. The van der Waals surface area contributed by atoms with Crippen molar-refractivity contribution in [1.29, 1.82) is 0 Å². The maximum atomic E-state index is 12.2. The molecule has 1 aromatic heterocycles. The summed E-state index contributed by atoms with van der Waals surface area (Å²) >= 11 is 0. The molecule has 0 bridgehead atoms. The number of carbonyl (C=O) groups is 1. The van der Waals surface area contributed by atoms with E-state index in [4.69, 9.17) is 4.74 Å². The van der Waals surface area contributed by atoms with E-state index >= 15 is 0 Å². The summed E-state index contributed by atoms with van der Waals surface area (Å²) in [5.41, 5.74) is 3.06. The first-order valence-corrected chi connectivity index (χ1v) is 11.7. The van der Waals surface area contributed by atoms with Gasteiger partial charge in [-0.2, -0.15) is 0 Å². The Morgan fingerprint density at radius 3 is 2.30 bits per heavy atom. The lowest BCUT2D eigenvalue weighted by atomic mass is 9.80. The van der Waals surface area contributed by atoms with Crippen LogP contribution < -0.4 is 0 Å². The number of hydrogen-bond donors (Lipinski definition) is 1. The Morgan fingerprint density at radius 2 is 1.70 bits per heavy atom. The van der Waals surface area contributed by atoms with Crippen LogP contribution in [0.3, 0.4) is 0 Å². The molecule has 5 rings (SSSR count). The minimum atomic E-state index is -1.40. The Labute approximate surface area is 194 Å². The molecular weight excluding hydrogens is 414 g/mol. The largest absolute Gasteiger partial charge is 0.461 e. The number of benzene rings is 2. The van der Waals surface area contributed by atoms with Crippen LogP contribution in [0.25, 0.3) is 11.1 Å². The van der Waals surface area contributed by atoms with Crippen molar-refractivity contribution in [2.24, 2.45) is 5.92 Å². The van der Waals surface area contributed by atoms with E-state index in [1.807, 2.05) is 48.5 Å². The van der Waals surface area contributed by atoms with E-state index < -0.39 is 11.7 Å². The summed E-state index contributed by atoms with van der Waals surface area (Å²) in [6.45, 7) is 3.49. The van der Waals surface area contributed by atoms with E-state index in [2.05, 4.69) is 14.9 Å². The molecule has 6 heteroatoms. The van der Waals surface area contributed by atoms with Gasteiger partial charge < -0.3 is 14.7 Å². The molecule has 2 heterocycles. The molecule has 0 radical (unpaired) electrons. The lowest BCUT2D eigenvalue weighted by Crippen LogP contribution is -2.43. The van der Waals surface area contributed by atoms with Crippen molar-refractivity contribution in [3.05, 3.63) is 83.9 Å². The third-order valence-corrected chi connectivity index (χ3v) is 7.03. The molecule has 0 saturated carbocycles. The summed E-state index contributed by atoms with van der Waals surface area (Å²) in [6, 6.07) is 15.7. The van der Waals surface area contributed by atoms with Crippen molar-refractivity contribution in [3.8, 4) is 11.1 Å². The van der Waals surface area contributed by atoms with E-state index in [0.29, 0.717) is 19.3 Å². The number of fused-ring (bicyclic) bond motifs is 3. The average Bonchev–Trinajstić information content (AvgIpc) is 3.45. The van der Waals surface area contributed by atoms with E-state index in [1.165, 1.54) is 12.8 Å². The molecule has 2 aliphatic rings. The number of ether oxygens (including phenoxy) is 1. The van der Waals surface area contributed by atoms with Crippen molar-refractivity contribution in [3.63, 3.8) is 0 Å². The van der Waals surface area contributed by atoms with Gasteiger partial charge in [-0.1, -0.05) is 48.5 Å². The molecule has 6 nitrogen and oxygen atoms in total. The van der Waals surface area contributed by atoms with Crippen LogP contribution >= 0.6 is 0 Å². The second-order valence-electron chi connectivity index (χ2n) is 9.09. The van der Waals surface area contributed by atoms with E-state index in [9.17, 15) is 9.90 Å². The van der Waals surface area contributed by atoms with Crippen molar-refractivity contribution in [2.75, 3.05) is 19.6 Å². The molecule has 33 heavy (non-hydrogen) atoms. The number of likely N-dealkylation sites (tertiary alicyclic amines) is 1. The fourth-order valence-electron chi connectivity index (χ4n) is 5.57. The molecule has 1 fully saturated rings. The van der Waals surface area contributed by atoms with Gasteiger partial charge >= 0.3 is 0 Å². The highest BCUT2D eigenvalue weighted by Gasteiger charge is 2.49. The monoisotopic (exact) mass is 443 g/mol. The summed E-state index contributed by atoms with van der Waals surface area (Å²) < 4.78 is 5.69. The van der Waals surface area contributed by atoms with Crippen molar-refractivity contribution in [2.45, 2.75) is 37.4 Å². The summed E-state index contributed by atoms with van der Waals surface area (Å²) in [6.07, 6.45) is 8.09. The van der Waals surface area contributed by atoms with Gasteiger partial charge in [-0.25, -0.2) is 0 Å². The molecule has 2 atom stereocenters. The Hall–Kier alpha value is -3.09. The number of nitrogens with zero attached hydrogens (tertiary/aromatic N) is 3. The average molecular weight is 444 g/mol. The van der Waals surface area contributed by atoms with Gasteiger partial charge in [0.05, 0.1) is 5.69 Å². The third-order valence-electron chi connectivity index (χ3n) is 7.03. The van der Waals surface area contributed by atoms with Crippen LogP contribution in [0.5, 0.6) is 0 Å². The van der Waals surface area contributed by atoms with Crippen LogP contribution in [0.2, 0.25) is 0 Å². The number of aliphatic hydroxyl groups is 1. The number of hydrogen-bond acceptors (Lipinski definition) is 6. The van der Waals surface area contributed by atoms with E-state index in [-0.39, 0.29) is 5.92 Å². The first-order valence-electron chi connectivity index (χ1n) is 11.7. The molecule has 1 aliphatic carbocycles. The first-order chi connectivity index (χ1) is 16.2. The normalized spacial score (nSPS) is 18.3. The molecule has 1 N–H and O–H groups in total. The lowest BCUT2D eigenvalue weighted by molar-refractivity contribution is -0.148. The van der Waals surface area contributed by atoms with Crippen LogP contribution in [-0.4, -0.2) is 52.2 Å². The zero-order chi connectivity index (χ0) is 22.7. The summed E-state index contributed by atoms with van der Waals surface area (Å²) in [5.74, 6) is 0.147. The molecular formula is C27H29N3O3. The Balaban J connectivity index is 1.50. The minimum absolute atomic E-state index is 0.147. The van der Waals surface area contributed by atoms with Gasteiger partial charge in [0.2, 0.25) is 0 Å². The molecule has 1 unspecified atom stereocenters. The zero-order valence-corrected chi connectivity index (χ0v) is 18.6. The van der Waals surface area contributed by atoms with Crippen LogP contribution in [0.4, 0.5) is 0 Å². The van der Waals surface area contributed by atoms with Crippen LogP contribution in [0, 0.1) is 5.92 Å². The molecule has 2 aromatic carbocycles. The van der Waals surface area contributed by atoms with Gasteiger partial charge in [-0.3, -0.25) is 14.8 Å². The highest BCUT2D eigenvalue weighted by atomic mass is 16.5. The van der Waals surface area contributed by atoms with Crippen LogP contribution in [0.1, 0.15) is 36.1 Å². The van der Waals surface area contributed by atoms with Crippen molar-refractivity contribution >= 4 is 6.47 Å². The summed E-state index contributed by atoms with van der Waals surface area (Å²) in [5, 5.41) is 12.2. The van der Waals surface area contributed by atoms with Gasteiger partial charge in [0.1, 0.15) is 6.10 Å². The Bertz CT molecular complexity index is 1050. The highest BCUT2D eigenvalue weighted by molar-refractivity contribution is 5.80. The molecule has 0 amide bonds. The van der Waals surface area contributed by atoms with Gasteiger partial charge in [-0.05, 0) is 66.9 Å². The molecule has 1 aliphatic heterocycles. The Kier molecular flexibility index (Phi) is 6.20.